The minimum atomic E-state index is -1.03. The number of hydrogen-bond acceptors (Lipinski definition) is 7. The van der Waals surface area contributed by atoms with Gasteiger partial charge in [0.15, 0.2) is 17.7 Å². The van der Waals surface area contributed by atoms with Crippen LogP contribution in [-0.4, -0.2) is 59.3 Å². The van der Waals surface area contributed by atoms with Gasteiger partial charge in [-0.15, -0.1) is 0 Å². The van der Waals surface area contributed by atoms with Gasteiger partial charge in [0, 0.05) is 6.92 Å². The monoisotopic (exact) mass is 302 g/mol. The highest BCUT2D eigenvalue weighted by molar-refractivity contribution is 5.66. The van der Waals surface area contributed by atoms with E-state index in [1.807, 2.05) is 0 Å². The van der Waals surface area contributed by atoms with Gasteiger partial charge in [-0.3, -0.25) is 4.79 Å². The summed E-state index contributed by atoms with van der Waals surface area (Å²) < 4.78 is 28.6. The van der Waals surface area contributed by atoms with Crippen molar-refractivity contribution in [3.05, 3.63) is 0 Å². The van der Waals surface area contributed by atoms with Crippen molar-refractivity contribution in [2.24, 2.45) is 0 Å². The first-order valence-corrected chi connectivity index (χ1v) is 7.16. The summed E-state index contributed by atoms with van der Waals surface area (Å²) in [5, 5.41) is 10.5. The fourth-order valence-electron chi connectivity index (χ4n) is 3.37. The van der Waals surface area contributed by atoms with Gasteiger partial charge in [0.25, 0.3) is 0 Å². The van der Waals surface area contributed by atoms with Crippen LogP contribution < -0.4 is 0 Å². The Bertz CT molecular complexity index is 447. The third-order valence-electron chi connectivity index (χ3n) is 3.95. The molecular formula is C14H22O7. The van der Waals surface area contributed by atoms with Gasteiger partial charge in [0.2, 0.25) is 0 Å². The second-order valence-electron chi connectivity index (χ2n) is 6.69. The Kier molecular flexibility index (Phi) is 3.35. The van der Waals surface area contributed by atoms with Gasteiger partial charge in [0.1, 0.15) is 30.5 Å². The van der Waals surface area contributed by atoms with Crippen molar-refractivity contribution < 1.29 is 33.6 Å². The molecule has 2 heterocycles. The largest absolute Gasteiger partial charge is 0.457 e. The summed E-state index contributed by atoms with van der Waals surface area (Å²) in [5.41, 5.74) is 0. The van der Waals surface area contributed by atoms with E-state index in [0.717, 1.165) is 0 Å². The van der Waals surface area contributed by atoms with Gasteiger partial charge < -0.3 is 28.8 Å². The lowest BCUT2D eigenvalue weighted by atomic mass is 9.85. The molecule has 0 aromatic heterocycles. The van der Waals surface area contributed by atoms with Crippen LogP contribution in [0.15, 0.2) is 0 Å². The first kappa shape index (κ1) is 15.2. The van der Waals surface area contributed by atoms with Crippen LogP contribution in [0, 0.1) is 0 Å². The molecule has 0 radical (unpaired) electrons. The fourth-order valence-corrected chi connectivity index (χ4v) is 3.37. The van der Waals surface area contributed by atoms with Crippen LogP contribution in [0.2, 0.25) is 0 Å². The Morgan fingerprint density at radius 1 is 0.905 bits per heavy atom. The number of aliphatic hydroxyl groups excluding tert-OH is 1. The van der Waals surface area contributed by atoms with Crippen LogP contribution in [-0.2, 0) is 28.5 Å². The van der Waals surface area contributed by atoms with Gasteiger partial charge in [-0.1, -0.05) is 0 Å². The van der Waals surface area contributed by atoms with Crippen molar-refractivity contribution in [2.45, 2.75) is 82.8 Å². The van der Waals surface area contributed by atoms with Gasteiger partial charge in [0.05, 0.1) is 0 Å². The molecule has 0 aromatic rings. The van der Waals surface area contributed by atoms with E-state index in [1.54, 1.807) is 27.7 Å². The molecule has 1 N–H and O–H groups in total. The smallest absolute Gasteiger partial charge is 0.303 e. The molecule has 0 aromatic carbocycles. The highest BCUT2D eigenvalue weighted by Crippen LogP contribution is 2.45. The highest BCUT2D eigenvalue weighted by Gasteiger charge is 2.64. The molecule has 0 spiro atoms. The number of carbonyl (C=O) groups is 1. The Morgan fingerprint density at radius 3 is 1.86 bits per heavy atom. The van der Waals surface area contributed by atoms with E-state index in [1.165, 1.54) is 6.92 Å². The number of hydrogen-bond donors (Lipinski definition) is 1. The predicted octanol–water partition coefficient (Wildman–Crippen LogP) is 0.333. The van der Waals surface area contributed by atoms with Crippen LogP contribution >= 0.6 is 0 Å². The standard InChI is InChI=1S/C14H22O7/c1-6(15)17-8-7(16)9-11(20-13(2,3)18-9)12-10(8)19-14(4,5)21-12/h7-12,16H,1-5H3/t7-,8-,9+,10+,11+,12+/m0/s1. The van der Waals surface area contributed by atoms with Crippen molar-refractivity contribution in [1.29, 1.82) is 0 Å². The van der Waals surface area contributed by atoms with Crippen molar-refractivity contribution in [3.8, 4) is 0 Å². The van der Waals surface area contributed by atoms with E-state index < -0.39 is 54.2 Å². The molecule has 21 heavy (non-hydrogen) atoms. The topological polar surface area (TPSA) is 83.5 Å². The minimum absolute atomic E-state index is 0.459. The van der Waals surface area contributed by atoms with Gasteiger partial charge in [-0.05, 0) is 27.7 Å². The molecule has 0 amide bonds. The molecule has 1 saturated carbocycles. The summed E-state index contributed by atoms with van der Waals surface area (Å²) in [5.74, 6) is -2.15. The molecule has 7 nitrogen and oxygen atoms in total. The zero-order valence-electron chi connectivity index (χ0n) is 12.9. The van der Waals surface area contributed by atoms with E-state index >= 15 is 0 Å². The fraction of sp³-hybridized carbons (Fsp3) is 0.929. The van der Waals surface area contributed by atoms with Crippen LogP contribution in [0.3, 0.4) is 0 Å². The second-order valence-corrected chi connectivity index (χ2v) is 6.69. The summed E-state index contributed by atoms with van der Waals surface area (Å²) in [7, 11) is 0. The summed E-state index contributed by atoms with van der Waals surface area (Å²) in [6.45, 7) is 8.39. The van der Waals surface area contributed by atoms with E-state index in [4.69, 9.17) is 23.7 Å². The van der Waals surface area contributed by atoms with Crippen molar-refractivity contribution in [3.63, 3.8) is 0 Å². The summed E-state index contributed by atoms with van der Waals surface area (Å²) in [6, 6.07) is 0. The highest BCUT2D eigenvalue weighted by atomic mass is 16.8. The predicted molar refractivity (Wildman–Crippen MR) is 69.2 cm³/mol. The Morgan fingerprint density at radius 2 is 1.33 bits per heavy atom. The number of aliphatic hydroxyl groups is 1. The molecule has 6 atom stereocenters. The molecule has 3 rings (SSSR count). The summed E-state index contributed by atoms with van der Waals surface area (Å²) in [4.78, 5) is 11.3. The minimum Gasteiger partial charge on any atom is -0.457 e. The molecule has 3 aliphatic rings. The lowest BCUT2D eigenvalue weighted by Gasteiger charge is -2.39. The Hall–Kier alpha value is -0.730. The van der Waals surface area contributed by atoms with Crippen molar-refractivity contribution in [1.82, 2.24) is 0 Å². The molecule has 2 aliphatic heterocycles. The van der Waals surface area contributed by atoms with Crippen LogP contribution in [0.5, 0.6) is 0 Å². The number of fused-ring (bicyclic) bond motifs is 3. The second kappa shape index (κ2) is 4.63. The maximum Gasteiger partial charge on any atom is 0.303 e. The molecule has 3 fully saturated rings. The molecule has 7 heteroatoms. The average Bonchev–Trinajstić information content (AvgIpc) is 2.80. The number of ether oxygens (including phenoxy) is 5. The molecule has 1 aliphatic carbocycles. The summed E-state index contributed by atoms with van der Waals surface area (Å²) >= 11 is 0. The third kappa shape index (κ3) is 2.57. The summed E-state index contributed by atoms with van der Waals surface area (Å²) in [6.07, 6.45) is -4.00. The average molecular weight is 302 g/mol. The van der Waals surface area contributed by atoms with Gasteiger partial charge in [-0.25, -0.2) is 0 Å². The molecular weight excluding hydrogens is 280 g/mol. The number of rotatable bonds is 1. The lowest BCUT2D eigenvalue weighted by Crippen LogP contribution is -2.62. The SMILES string of the molecule is CC(=O)O[C@H]1[C@H](O)[C@H]2OC(C)(C)O[C@H]2[C@@H]2OC(C)(C)O[C@@H]21. The van der Waals surface area contributed by atoms with Gasteiger partial charge >= 0.3 is 5.97 Å². The van der Waals surface area contributed by atoms with Crippen molar-refractivity contribution >= 4 is 5.97 Å². The zero-order valence-corrected chi connectivity index (χ0v) is 12.9. The molecule has 2 saturated heterocycles. The van der Waals surface area contributed by atoms with Crippen LogP contribution in [0.25, 0.3) is 0 Å². The van der Waals surface area contributed by atoms with E-state index in [-0.39, 0.29) is 0 Å². The molecule has 0 bridgehead atoms. The Balaban J connectivity index is 1.92. The van der Waals surface area contributed by atoms with E-state index in [0.29, 0.717) is 0 Å². The molecule has 120 valence electrons. The number of esters is 1. The first-order chi connectivity index (χ1) is 9.60. The van der Waals surface area contributed by atoms with Crippen LogP contribution in [0.1, 0.15) is 34.6 Å². The molecule has 0 unspecified atom stereocenters. The first-order valence-electron chi connectivity index (χ1n) is 7.16. The maximum absolute atomic E-state index is 11.3. The van der Waals surface area contributed by atoms with Crippen molar-refractivity contribution in [2.75, 3.05) is 0 Å². The maximum atomic E-state index is 11.3. The Labute approximate surface area is 123 Å². The lowest BCUT2D eigenvalue weighted by molar-refractivity contribution is -0.197. The normalized spacial score (nSPS) is 46.8. The van der Waals surface area contributed by atoms with Crippen LogP contribution in [0.4, 0.5) is 0 Å². The zero-order chi connectivity index (χ0) is 15.6. The van der Waals surface area contributed by atoms with E-state index in [9.17, 15) is 9.90 Å². The van der Waals surface area contributed by atoms with E-state index in [2.05, 4.69) is 0 Å². The quantitative estimate of drug-likeness (QED) is 0.699. The third-order valence-corrected chi connectivity index (χ3v) is 3.95. The number of carbonyl (C=O) groups excluding carboxylic acids is 1. The van der Waals surface area contributed by atoms with Gasteiger partial charge in [-0.2, -0.15) is 0 Å².